The van der Waals surface area contributed by atoms with Gasteiger partial charge in [0.05, 0.1) is 11.8 Å². The zero-order valence-electron chi connectivity index (χ0n) is 18.6. The topological polar surface area (TPSA) is 109 Å². The summed E-state index contributed by atoms with van der Waals surface area (Å²) in [5.41, 5.74) is 5.22. The standard InChI is InChI=1S/C20H36F2N6O3S/c1-27-18-13(8-24-27)3-2-4-16(18)26-32(30,31)15-9-25-28(10-15)17-7-14(5-6-23-17)19(29)11-20(21,22)12-19/h13-18,23-26,29H,2-12H2,1H3. The molecule has 32 heavy (non-hydrogen) atoms. The minimum Gasteiger partial charge on any atom is -0.389 e. The molecule has 6 atom stereocenters. The van der Waals surface area contributed by atoms with Crippen molar-refractivity contribution in [1.29, 1.82) is 0 Å². The molecule has 0 bridgehead atoms. The lowest BCUT2D eigenvalue weighted by Crippen LogP contribution is -2.62. The maximum absolute atomic E-state index is 13.4. The van der Waals surface area contributed by atoms with Gasteiger partial charge < -0.3 is 10.4 Å². The van der Waals surface area contributed by atoms with Crippen molar-refractivity contribution in [2.75, 3.05) is 33.2 Å². The predicted octanol–water partition coefficient (Wildman–Crippen LogP) is -0.432. The molecular formula is C20H36F2N6O3S. The summed E-state index contributed by atoms with van der Waals surface area (Å²) < 4.78 is 56.2. The van der Waals surface area contributed by atoms with Crippen molar-refractivity contribution >= 4 is 10.0 Å². The number of aliphatic hydroxyl groups is 1. The lowest BCUT2D eigenvalue weighted by Gasteiger charge is -2.51. The Kier molecular flexibility index (Phi) is 6.06. The molecule has 0 radical (unpaired) electrons. The van der Waals surface area contributed by atoms with Crippen molar-refractivity contribution < 1.29 is 22.3 Å². The summed E-state index contributed by atoms with van der Waals surface area (Å²) in [6, 6.07) is 0.0747. The first-order valence-electron chi connectivity index (χ1n) is 11.9. The van der Waals surface area contributed by atoms with Crippen molar-refractivity contribution in [3.05, 3.63) is 0 Å². The summed E-state index contributed by atoms with van der Waals surface area (Å²) in [5, 5.41) is 17.3. The molecule has 5 aliphatic rings. The highest BCUT2D eigenvalue weighted by molar-refractivity contribution is 7.90. The molecule has 5 rings (SSSR count). The maximum atomic E-state index is 13.4. The molecule has 3 aliphatic heterocycles. The number of hydrazine groups is 2. The highest BCUT2D eigenvalue weighted by Crippen LogP contribution is 2.51. The SMILES string of the molecule is CN1NCC2CCCC(NS(=O)(=O)C3CNN(C4CC(C5(O)CC(F)(F)C5)CCN4)C3)C21. The third-order valence-electron chi connectivity index (χ3n) is 8.36. The number of piperidine rings is 1. The molecule has 2 aliphatic carbocycles. The van der Waals surface area contributed by atoms with Crippen LogP contribution >= 0.6 is 0 Å². The first kappa shape index (κ1) is 23.3. The van der Waals surface area contributed by atoms with Crippen LogP contribution in [0.5, 0.6) is 0 Å². The zero-order chi connectivity index (χ0) is 22.7. The van der Waals surface area contributed by atoms with Gasteiger partial charge >= 0.3 is 0 Å². The van der Waals surface area contributed by atoms with Gasteiger partial charge in [-0.05, 0) is 44.1 Å². The molecule has 0 amide bonds. The predicted molar refractivity (Wildman–Crippen MR) is 115 cm³/mol. The quantitative estimate of drug-likeness (QED) is 0.362. The van der Waals surface area contributed by atoms with Gasteiger partial charge in [-0.3, -0.25) is 10.9 Å². The van der Waals surface area contributed by atoms with Gasteiger partial charge in [0.2, 0.25) is 10.0 Å². The Bertz CT molecular complexity index is 807. The van der Waals surface area contributed by atoms with E-state index in [1.807, 2.05) is 12.1 Å². The number of hydrogen-bond donors (Lipinski definition) is 5. The number of hydrogen-bond acceptors (Lipinski definition) is 8. The zero-order valence-corrected chi connectivity index (χ0v) is 19.4. The molecule has 6 unspecified atom stereocenters. The van der Waals surface area contributed by atoms with Gasteiger partial charge in [0, 0.05) is 51.6 Å². The summed E-state index contributed by atoms with van der Waals surface area (Å²) >= 11 is 0. The van der Waals surface area contributed by atoms with E-state index < -0.39 is 39.6 Å². The largest absolute Gasteiger partial charge is 0.389 e. The van der Waals surface area contributed by atoms with E-state index in [1.54, 1.807) is 0 Å². The van der Waals surface area contributed by atoms with Crippen LogP contribution in [0.1, 0.15) is 44.9 Å². The lowest BCUT2D eigenvalue weighted by atomic mass is 9.65. The molecule has 5 fully saturated rings. The molecule has 2 saturated carbocycles. The van der Waals surface area contributed by atoms with E-state index in [0.29, 0.717) is 38.4 Å². The summed E-state index contributed by atoms with van der Waals surface area (Å²) in [6.07, 6.45) is 3.01. The monoisotopic (exact) mass is 478 g/mol. The van der Waals surface area contributed by atoms with Crippen molar-refractivity contribution in [2.24, 2.45) is 11.8 Å². The second-order valence-electron chi connectivity index (χ2n) is 10.6. The molecule has 0 spiro atoms. The molecule has 0 aromatic carbocycles. The van der Waals surface area contributed by atoms with Crippen LogP contribution in [0.15, 0.2) is 0 Å². The van der Waals surface area contributed by atoms with E-state index >= 15 is 0 Å². The molecule has 3 saturated heterocycles. The number of halogens is 2. The van der Waals surface area contributed by atoms with E-state index in [-0.39, 0.29) is 24.2 Å². The summed E-state index contributed by atoms with van der Waals surface area (Å²) in [5.74, 6) is -2.52. The highest BCUT2D eigenvalue weighted by Gasteiger charge is 2.59. The van der Waals surface area contributed by atoms with Crippen molar-refractivity contribution in [3.8, 4) is 0 Å². The number of nitrogens with zero attached hydrogens (tertiary/aromatic N) is 2. The first-order chi connectivity index (χ1) is 15.1. The van der Waals surface area contributed by atoms with E-state index in [9.17, 15) is 22.3 Å². The fourth-order valence-corrected chi connectivity index (χ4v) is 8.17. The van der Waals surface area contributed by atoms with Crippen molar-refractivity contribution in [2.45, 2.75) is 80.0 Å². The Morgan fingerprint density at radius 3 is 2.66 bits per heavy atom. The fraction of sp³-hybridized carbons (Fsp3) is 1.00. The molecule has 12 heteroatoms. The van der Waals surface area contributed by atoms with Gasteiger partial charge in [-0.2, -0.15) is 0 Å². The first-order valence-corrected chi connectivity index (χ1v) is 13.4. The van der Waals surface area contributed by atoms with Gasteiger partial charge in [-0.15, -0.1) is 0 Å². The van der Waals surface area contributed by atoms with Gasteiger partial charge in [0.25, 0.3) is 5.92 Å². The van der Waals surface area contributed by atoms with E-state index in [0.717, 1.165) is 25.8 Å². The Morgan fingerprint density at radius 1 is 1.12 bits per heavy atom. The van der Waals surface area contributed by atoms with Crippen LogP contribution in [-0.4, -0.2) is 91.8 Å². The number of fused-ring (bicyclic) bond motifs is 1. The normalized spacial score (nSPS) is 42.5. The van der Waals surface area contributed by atoms with Crippen molar-refractivity contribution in [3.63, 3.8) is 0 Å². The molecule has 3 heterocycles. The molecule has 0 aromatic heterocycles. The van der Waals surface area contributed by atoms with Crippen LogP contribution in [0.2, 0.25) is 0 Å². The third-order valence-corrected chi connectivity index (χ3v) is 10.2. The minimum atomic E-state index is -3.53. The number of rotatable bonds is 5. The lowest BCUT2D eigenvalue weighted by molar-refractivity contribution is -0.233. The smallest absolute Gasteiger partial charge is 0.253 e. The van der Waals surface area contributed by atoms with Crippen LogP contribution in [0.3, 0.4) is 0 Å². The average Bonchev–Trinajstić information content (AvgIpc) is 3.35. The Hall–Kier alpha value is -0.470. The third kappa shape index (κ3) is 4.33. The van der Waals surface area contributed by atoms with Gasteiger partial charge in [-0.25, -0.2) is 31.9 Å². The molecule has 184 valence electrons. The number of likely N-dealkylation sites (N-methyl/N-ethyl adjacent to an activating group) is 1. The molecule has 0 aromatic rings. The number of alkyl halides is 2. The van der Waals surface area contributed by atoms with Crippen molar-refractivity contribution in [1.82, 2.24) is 30.9 Å². The Morgan fingerprint density at radius 2 is 1.91 bits per heavy atom. The highest BCUT2D eigenvalue weighted by atomic mass is 32.2. The van der Waals surface area contributed by atoms with E-state index in [4.69, 9.17) is 0 Å². The number of nitrogens with one attached hydrogen (secondary N) is 4. The summed E-state index contributed by atoms with van der Waals surface area (Å²) in [7, 11) is -1.55. The van der Waals surface area contributed by atoms with Crippen LogP contribution < -0.4 is 20.9 Å². The molecular weight excluding hydrogens is 442 g/mol. The van der Waals surface area contributed by atoms with Crippen LogP contribution in [0, 0.1) is 11.8 Å². The Balaban J connectivity index is 1.18. The second kappa shape index (κ2) is 8.33. The maximum Gasteiger partial charge on any atom is 0.253 e. The summed E-state index contributed by atoms with van der Waals surface area (Å²) in [6.45, 7) is 2.14. The van der Waals surface area contributed by atoms with Gasteiger partial charge in [0.1, 0.15) is 5.25 Å². The van der Waals surface area contributed by atoms with Gasteiger partial charge in [0.15, 0.2) is 0 Å². The van der Waals surface area contributed by atoms with Crippen LogP contribution in [0.25, 0.3) is 0 Å². The van der Waals surface area contributed by atoms with Gasteiger partial charge in [-0.1, -0.05) is 6.42 Å². The molecule has 5 N–H and O–H groups in total. The fourth-order valence-electron chi connectivity index (χ4n) is 6.65. The number of sulfonamides is 1. The van der Waals surface area contributed by atoms with Crippen LogP contribution in [-0.2, 0) is 10.0 Å². The summed E-state index contributed by atoms with van der Waals surface area (Å²) in [4.78, 5) is 0. The Labute approximate surface area is 188 Å². The molecule has 9 nitrogen and oxygen atoms in total. The average molecular weight is 479 g/mol. The van der Waals surface area contributed by atoms with E-state index in [1.165, 1.54) is 0 Å². The second-order valence-corrected chi connectivity index (χ2v) is 12.6. The minimum absolute atomic E-state index is 0.0977. The van der Waals surface area contributed by atoms with E-state index in [2.05, 4.69) is 25.9 Å². The van der Waals surface area contributed by atoms with Crippen LogP contribution in [0.4, 0.5) is 8.78 Å².